The van der Waals surface area contributed by atoms with Crippen LogP contribution in [-0.2, 0) is 13.0 Å². The Bertz CT molecular complexity index is 1520. The molecule has 3 heterocycles. The summed E-state index contributed by atoms with van der Waals surface area (Å²) in [5.74, 6) is 0.814. The van der Waals surface area contributed by atoms with Gasteiger partial charge in [0.2, 0.25) is 11.8 Å². The van der Waals surface area contributed by atoms with Crippen LogP contribution in [0.2, 0.25) is 0 Å². The van der Waals surface area contributed by atoms with Crippen LogP contribution in [0.3, 0.4) is 0 Å². The van der Waals surface area contributed by atoms with Gasteiger partial charge in [-0.05, 0) is 36.6 Å². The van der Waals surface area contributed by atoms with Crippen LogP contribution < -0.4 is 15.0 Å². The first-order chi connectivity index (χ1) is 18.9. The molecule has 12 nitrogen and oxygen atoms in total. The fraction of sp³-hybridized carbons (Fsp3) is 0.333. The first-order valence-corrected chi connectivity index (χ1v) is 12.5. The van der Waals surface area contributed by atoms with Crippen molar-refractivity contribution in [2.24, 2.45) is 5.92 Å². The average Bonchev–Trinajstić information content (AvgIpc) is 3.68. The lowest BCUT2D eigenvalue weighted by Gasteiger charge is -2.20. The number of rotatable bonds is 10. The molecule has 1 fully saturated rings. The van der Waals surface area contributed by atoms with E-state index >= 15 is 0 Å². The van der Waals surface area contributed by atoms with E-state index < -0.39 is 11.4 Å². The number of ether oxygens (including phenoxy) is 2. The highest BCUT2D eigenvalue weighted by atomic mass is 16.5. The van der Waals surface area contributed by atoms with Gasteiger partial charge >= 0.3 is 0 Å². The summed E-state index contributed by atoms with van der Waals surface area (Å²) in [4.78, 5) is 35.6. The molecular weight excluding hydrogens is 504 g/mol. The van der Waals surface area contributed by atoms with Crippen LogP contribution in [0.25, 0.3) is 17.1 Å². The third-order valence-electron chi connectivity index (χ3n) is 6.52. The molecule has 39 heavy (non-hydrogen) atoms. The summed E-state index contributed by atoms with van der Waals surface area (Å²) in [5.41, 5.74) is -0.330. The molecular formula is C27H28N6O6. The van der Waals surface area contributed by atoms with E-state index in [0.717, 1.165) is 19.3 Å². The number of methoxy groups -OCH3 is 2. The van der Waals surface area contributed by atoms with Crippen LogP contribution >= 0.6 is 0 Å². The fourth-order valence-electron chi connectivity index (χ4n) is 4.31. The molecule has 0 aliphatic heterocycles. The fourth-order valence-corrected chi connectivity index (χ4v) is 4.31. The number of benzene rings is 1. The number of hydrogen-bond acceptors (Lipinski definition) is 10. The maximum absolute atomic E-state index is 13.2. The summed E-state index contributed by atoms with van der Waals surface area (Å²) < 4.78 is 18.3. The molecule has 0 saturated heterocycles. The van der Waals surface area contributed by atoms with Crippen molar-refractivity contribution in [3.05, 3.63) is 70.4 Å². The number of amides is 1. The summed E-state index contributed by atoms with van der Waals surface area (Å²) >= 11 is 0. The minimum absolute atomic E-state index is 0.0371. The third-order valence-corrected chi connectivity index (χ3v) is 6.52. The molecule has 1 N–H and O–H groups in total. The van der Waals surface area contributed by atoms with Crippen LogP contribution in [0, 0.1) is 5.92 Å². The van der Waals surface area contributed by atoms with Crippen LogP contribution in [0.1, 0.15) is 41.5 Å². The molecule has 0 radical (unpaired) electrons. The van der Waals surface area contributed by atoms with Crippen molar-refractivity contribution in [2.45, 2.75) is 32.2 Å². The van der Waals surface area contributed by atoms with Gasteiger partial charge in [-0.3, -0.25) is 19.1 Å². The van der Waals surface area contributed by atoms with Gasteiger partial charge in [0.1, 0.15) is 28.7 Å². The third kappa shape index (κ3) is 5.31. The lowest BCUT2D eigenvalue weighted by molar-refractivity contribution is 0.0767. The van der Waals surface area contributed by atoms with Crippen LogP contribution in [0.4, 0.5) is 0 Å². The second-order valence-electron chi connectivity index (χ2n) is 9.24. The zero-order valence-corrected chi connectivity index (χ0v) is 21.8. The Morgan fingerprint density at radius 2 is 1.87 bits per heavy atom. The SMILES string of the molecule is COc1cccc(OC)c1-n1c(CCC2CC2)nc(=O)c(-c2nnc(CN(C)C(=O)c3ccccn3)o2)c1O. The molecule has 1 aliphatic carbocycles. The van der Waals surface area contributed by atoms with E-state index in [1.54, 1.807) is 43.4 Å². The molecule has 202 valence electrons. The molecule has 1 amide bonds. The minimum atomic E-state index is -0.712. The second kappa shape index (κ2) is 10.9. The summed E-state index contributed by atoms with van der Waals surface area (Å²) in [5, 5.41) is 19.5. The van der Waals surface area contributed by atoms with Crippen molar-refractivity contribution in [3.8, 4) is 34.5 Å². The van der Waals surface area contributed by atoms with Gasteiger partial charge in [0.25, 0.3) is 17.4 Å². The number of para-hydroxylation sites is 1. The van der Waals surface area contributed by atoms with Gasteiger partial charge in [0.15, 0.2) is 5.56 Å². The lowest BCUT2D eigenvalue weighted by Crippen LogP contribution is -2.27. The quantitative estimate of drug-likeness (QED) is 0.323. The second-order valence-corrected chi connectivity index (χ2v) is 9.24. The van der Waals surface area contributed by atoms with Gasteiger partial charge in [-0.25, -0.2) is 0 Å². The summed E-state index contributed by atoms with van der Waals surface area (Å²) in [6.45, 7) is -0.0371. The molecule has 1 aromatic carbocycles. The predicted molar refractivity (Wildman–Crippen MR) is 139 cm³/mol. The van der Waals surface area contributed by atoms with Crippen molar-refractivity contribution in [1.82, 2.24) is 29.6 Å². The van der Waals surface area contributed by atoms with Crippen molar-refractivity contribution in [3.63, 3.8) is 0 Å². The Balaban J connectivity index is 1.54. The maximum atomic E-state index is 13.2. The van der Waals surface area contributed by atoms with Crippen molar-refractivity contribution < 1.29 is 23.8 Å². The van der Waals surface area contributed by atoms with Crippen molar-refractivity contribution in [2.75, 3.05) is 21.3 Å². The van der Waals surface area contributed by atoms with E-state index in [4.69, 9.17) is 13.9 Å². The van der Waals surface area contributed by atoms with E-state index in [-0.39, 0.29) is 35.5 Å². The Labute approximate surface area is 223 Å². The largest absolute Gasteiger partial charge is 0.494 e. The highest BCUT2D eigenvalue weighted by molar-refractivity contribution is 5.91. The van der Waals surface area contributed by atoms with Gasteiger partial charge in [0.05, 0.1) is 20.8 Å². The molecule has 0 bridgehead atoms. The number of carbonyl (C=O) groups is 1. The monoisotopic (exact) mass is 532 g/mol. The molecule has 12 heteroatoms. The first kappa shape index (κ1) is 25.9. The number of aromatic hydroxyl groups is 1. The van der Waals surface area contributed by atoms with E-state index in [1.807, 2.05) is 0 Å². The maximum Gasteiger partial charge on any atom is 0.289 e. The zero-order chi connectivity index (χ0) is 27.5. The van der Waals surface area contributed by atoms with Crippen LogP contribution in [0.15, 0.2) is 51.8 Å². The standard InChI is InChI=1S/C27H28N6O6/c1-32(26(35)17-7-4-5-14-28-17)15-21-30-31-25(39-21)22-24(34)29-20(13-12-16-10-11-16)33(27(22)36)23-18(37-2)8-6-9-19(23)38-3/h4-9,14,16,36H,10-13,15H2,1-3H3. The van der Waals surface area contributed by atoms with Crippen LogP contribution in [0.5, 0.6) is 17.4 Å². The molecule has 5 rings (SSSR count). The first-order valence-electron chi connectivity index (χ1n) is 12.5. The Morgan fingerprint density at radius 3 is 2.51 bits per heavy atom. The highest BCUT2D eigenvalue weighted by Crippen LogP contribution is 2.39. The van der Waals surface area contributed by atoms with Crippen molar-refractivity contribution >= 4 is 5.91 Å². The van der Waals surface area contributed by atoms with Crippen molar-refractivity contribution in [1.29, 1.82) is 0 Å². The zero-order valence-electron chi connectivity index (χ0n) is 21.8. The van der Waals surface area contributed by atoms with E-state index in [0.29, 0.717) is 35.3 Å². The number of aromatic nitrogens is 5. The molecule has 0 unspecified atom stereocenters. The molecule has 0 atom stereocenters. The lowest BCUT2D eigenvalue weighted by atomic mass is 10.1. The van der Waals surface area contributed by atoms with Gasteiger partial charge in [-0.2, -0.15) is 4.98 Å². The van der Waals surface area contributed by atoms with Gasteiger partial charge in [-0.1, -0.05) is 25.0 Å². The highest BCUT2D eigenvalue weighted by Gasteiger charge is 2.29. The summed E-state index contributed by atoms with van der Waals surface area (Å²) in [6.07, 6.45) is 5.08. The number of carbonyl (C=O) groups excluding carboxylic acids is 1. The number of hydrogen-bond donors (Lipinski definition) is 1. The number of pyridine rings is 1. The van der Waals surface area contributed by atoms with E-state index in [9.17, 15) is 14.7 Å². The topological polar surface area (TPSA) is 146 Å². The average molecular weight is 533 g/mol. The normalized spacial score (nSPS) is 12.8. The Hall–Kier alpha value is -4.74. The smallest absolute Gasteiger partial charge is 0.289 e. The molecule has 1 aliphatic rings. The van der Waals surface area contributed by atoms with Crippen LogP contribution in [-0.4, -0.2) is 61.9 Å². The minimum Gasteiger partial charge on any atom is -0.494 e. The summed E-state index contributed by atoms with van der Waals surface area (Å²) in [7, 11) is 4.57. The van der Waals surface area contributed by atoms with Gasteiger partial charge in [-0.15, -0.1) is 10.2 Å². The number of nitrogens with zero attached hydrogens (tertiary/aromatic N) is 6. The summed E-state index contributed by atoms with van der Waals surface area (Å²) in [6, 6.07) is 10.2. The van der Waals surface area contributed by atoms with Gasteiger partial charge < -0.3 is 23.9 Å². The Morgan fingerprint density at radius 1 is 1.13 bits per heavy atom. The predicted octanol–water partition coefficient (Wildman–Crippen LogP) is 3.02. The molecule has 1 saturated carbocycles. The Kier molecular flexibility index (Phi) is 7.26. The molecule has 0 spiro atoms. The molecule has 3 aromatic heterocycles. The number of aryl methyl sites for hydroxylation is 1. The van der Waals surface area contributed by atoms with Gasteiger partial charge in [0, 0.05) is 19.7 Å². The van der Waals surface area contributed by atoms with E-state index in [2.05, 4.69) is 20.2 Å². The molecule has 4 aromatic rings. The van der Waals surface area contributed by atoms with E-state index in [1.165, 1.54) is 29.9 Å².